The lowest BCUT2D eigenvalue weighted by molar-refractivity contribution is 0.199. The highest BCUT2D eigenvalue weighted by Gasteiger charge is 2.16. The van der Waals surface area contributed by atoms with Crippen molar-refractivity contribution in [2.45, 2.75) is 26.8 Å². The van der Waals surface area contributed by atoms with Crippen LogP contribution in [-0.4, -0.2) is 26.9 Å². The van der Waals surface area contributed by atoms with E-state index in [4.69, 9.17) is 14.7 Å². The zero-order valence-corrected chi connectivity index (χ0v) is 12.9. The van der Waals surface area contributed by atoms with Gasteiger partial charge in [0.2, 0.25) is 0 Å². The van der Waals surface area contributed by atoms with Crippen LogP contribution >= 0.6 is 0 Å². The summed E-state index contributed by atoms with van der Waals surface area (Å²) in [6.07, 6.45) is 0.559. The number of hydrogen-bond donors (Lipinski definition) is 1. The number of nitriles is 1. The Labute approximate surface area is 125 Å². The predicted octanol–water partition coefficient (Wildman–Crippen LogP) is 2.88. The average Bonchev–Trinajstić information content (AvgIpc) is 2.46. The minimum atomic E-state index is -0.457. The van der Waals surface area contributed by atoms with E-state index in [1.165, 1.54) is 6.07 Å². The largest absolute Gasteiger partial charge is 0.490 e. The minimum absolute atomic E-state index is 0.226. The second kappa shape index (κ2) is 8.60. The van der Waals surface area contributed by atoms with Gasteiger partial charge in [0.1, 0.15) is 0 Å². The molecule has 0 saturated carbocycles. The topological polar surface area (TPSA) is 54.3 Å². The Bertz CT molecular complexity index is 484. The number of hydrogen-bond acceptors (Lipinski definition) is 4. The molecule has 21 heavy (non-hydrogen) atoms. The van der Waals surface area contributed by atoms with E-state index in [2.05, 4.69) is 11.4 Å². The molecule has 0 saturated heterocycles. The number of ether oxygens (including phenoxy) is 2. The maximum Gasteiger partial charge on any atom is 0.165 e. The van der Waals surface area contributed by atoms with Crippen molar-refractivity contribution in [2.75, 3.05) is 26.9 Å². The van der Waals surface area contributed by atoms with E-state index in [0.717, 1.165) is 12.1 Å². The van der Waals surface area contributed by atoms with Gasteiger partial charge in [0, 0.05) is 20.2 Å². The van der Waals surface area contributed by atoms with Gasteiger partial charge in [-0.25, -0.2) is 4.39 Å². The molecule has 1 aromatic rings. The van der Waals surface area contributed by atoms with Crippen LogP contribution in [0.15, 0.2) is 18.2 Å². The van der Waals surface area contributed by atoms with Crippen LogP contribution in [0.3, 0.4) is 0 Å². The summed E-state index contributed by atoms with van der Waals surface area (Å²) in [5.41, 5.74) is 0.398. The highest BCUT2D eigenvalue weighted by atomic mass is 19.1. The first-order valence-corrected chi connectivity index (χ1v) is 7.00. The third-order valence-corrected chi connectivity index (χ3v) is 3.10. The molecule has 0 fully saturated rings. The predicted molar refractivity (Wildman–Crippen MR) is 79.5 cm³/mol. The van der Waals surface area contributed by atoms with Crippen LogP contribution in [0.5, 0.6) is 5.75 Å². The highest BCUT2D eigenvalue weighted by Crippen LogP contribution is 2.22. The Morgan fingerprint density at radius 1 is 1.33 bits per heavy atom. The van der Waals surface area contributed by atoms with Crippen molar-refractivity contribution in [2.24, 2.45) is 5.41 Å². The summed E-state index contributed by atoms with van der Waals surface area (Å²) >= 11 is 0. The number of benzene rings is 1. The van der Waals surface area contributed by atoms with E-state index >= 15 is 0 Å². The molecule has 0 aromatic heterocycles. The van der Waals surface area contributed by atoms with Gasteiger partial charge in [-0.15, -0.1) is 0 Å². The first-order chi connectivity index (χ1) is 9.98. The molecule has 1 aromatic carbocycles. The van der Waals surface area contributed by atoms with Crippen LogP contribution in [-0.2, 0) is 11.3 Å². The molecule has 0 radical (unpaired) electrons. The lowest BCUT2D eigenvalue weighted by Crippen LogP contribution is -2.18. The van der Waals surface area contributed by atoms with Gasteiger partial charge in [-0.2, -0.15) is 5.26 Å². The second-order valence-corrected chi connectivity index (χ2v) is 5.53. The van der Waals surface area contributed by atoms with E-state index in [-0.39, 0.29) is 11.6 Å². The van der Waals surface area contributed by atoms with Gasteiger partial charge in [-0.05, 0) is 38.0 Å². The van der Waals surface area contributed by atoms with Crippen molar-refractivity contribution >= 4 is 0 Å². The van der Waals surface area contributed by atoms with Crippen molar-refractivity contribution in [3.05, 3.63) is 29.6 Å². The Kier molecular flexibility index (Phi) is 7.13. The molecule has 0 atom stereocenters. The summed E-state index contributed by atoms with van der Waals surface area (Å²) in [7, 11) is 1.64. The molecule has 0 aliphatic heterocycles. The van der Waals surface area contributed by atoms with Crippen LogP contribution in [0, 0.1) is 22.6 Å². The fraction of sp³-hybridized carbons (Fsp3) is 0.562. The van der Waals surface area contributed by atoms with E-state index in [1.807, 2.05) is 19.9 Å². The molecule has 5 heteroatoms. The van der Waals surface area contributed by atoms with Crippen LogP contribution in [0.25, 0.3) is 0 Å². The monoisotopic (exact) mass is 294 g/mol. The number of rotatable bonds is 9. The zero-order valence-electron chi connectivity index (χ0n) is 12.9. The molecule has 4 nitrogen and oxygen atoms in total. The Balaban J connectivity index is 2.45. The maximum absolute atomic E-state index is 13.9. The molecule has 0 spiro atoms. The van der Waals surface area contributed by atoms with Crippen LogP contribution in [0.2, 0.25) is 0 Å². The Morgan fingerprint density at radius 3 is 2.71 bits per heavy atom. The van der Waals surface area contributed by atoms with Gasteiger partial charge in [-0.3, -0.25) is 0 Å². The first kappa shape index (κ1) is 17.4. The molecule has 0 aliphatic carbocycles. The maximum atomic E-state index is 13.9. The molecular formula is C16H23FN2O2. The summed E-state index contributed by atoms with van der Waals surface area (Å²) in [6, 6.07) is 7.11. The smallest absolute Gasteiger partial charge is 0.165 e. The molecule has 0 unspecified atom stereocenters. The number of methoxy groups -OCH3 is 1. The molecule has 1 rings (SSSR count). The summed E-state index contributed by atoms with van der Waals surface area (Å²) < 4.78 is 24.2. The lowest BCUT2D eigenvalue weighted by Gasteiger charge is -2.15. The fourth-order valence-electron chi connectivity index (χ4n) is 1.65. The van der Waals surface area contributed by atoms with E-state index < -0.39 is 5.41 Å². The summed E-state index contributed by atoms with van der Waals surface area (Å²) in [5.74, 6) is -0.153. The van der Waals surface area contributed by atoms with Crippen LogP contribution in [0.1, 0.15) is 25.8 Å². The van der Waals surface area contributed by atoms with Crippen LogP contribution < -0.4 is 10.1 Å². The molecule has 0 amide bonds. The number of nitrogens with one attached hydrogen (secondary N) is 1. The highest BCUT2D eigenvalue weighted by molar-refractivity contribution is 5.29. The standard InChI is InChI=1S/C16H23FN2O2/c1-16(2,12-18)6-8-21-15-5-4-13(10-14(15)17)11-19-7-9-20-3/h4-5,10,19H,6-9,11H2,1-3H3. The molecule has 0 heterocycles. The third-order valence-electron chi connectivity index (χ3n) is 3.10. The normalized spacial score (nSPS) is 11.2. The molecule has 0 aliphatic rings. The SMILES string of the molecule is COCCNCc1ccc(OCCC(C)(C)C#N)c(F)c1. The summed E-state index contributed by atoms with van der Waals surface area (Å²) in [6.45, 7) is 5.92. The second-order valence-electron chi connectivity index (χ2n) is 5.53. The van der Waals surface area contributed by atoms with Gasteiger partial charge >= 0.3 is 0 Å². The van der Waals surface area contributed by atoms with Gasteiger partial charge < -0.3 is 14.8 Å². The lowest BCUT2D eigenvalue weighted by atomic mass is 9.92. The Hall–Kier alpha value is -1.64. The van der Waals surface area contributed by atoms with E-state index in [0.29, 0.717) is 26.2 Å². The quantitative estimate of drug-likeness (QED) is 0.712. The van der Waals surface area contributed by atoms with Gasteiger partial charge in [0.15, 0.2) is 11.6 Å². The van der Waals surface area contributed by atoms with Gasteiger partial charge in [0.25, 0.3) is 0 Å². The van der Waals surface area contributed by atoms with Crippen molar-refractivity contribution < 1.29 is 13.9 Å². The molecule has 1 N–H and O–H groups in total. The van der Waals surface area contributed by atoms with Crippen molar-refractivity contribution in [1.82, 2.24) is 5.32 Å². The van der Waals surface area contributed by atoms with Crippen LogP contribution in [0.4, 0.5) is 4.39 Å². The number of halogens is 1. The van der Waals surface area contributed by atoms with Gasteiger partial charge in [-0.1, -0.05) is 6.07 Å². The van der Waals surface area contributed by atoms with E-state index in [1.54, 1.807) is 13.2 Å². The zero-order chi connectivity index (χ0) is 15.7. The first-order valence-electron chi connectivity index (χ1n) is 7.00. The fourth-order valence-corrected chi connectivity index (χ4v) is 1.65. The third kappa shape index (κ3) is 6.56. The van der Waals surface area contributed by atoms with E-state index in [9.17, 15) is 4.39 Å². The molecular weight excluding hydrogens is 271 g/mol. The summed E-state index contributed by atoms with van der Waals surface area (Å²) in [5, 5.41) is 12.1. The molecule has 116 valence electrons. The minimum Gasteiger partial charge on any atom is -0.490 e. The average molecular weight is 294 g/mol. The number of nitrogens with zero attached hydrogens (tertiary/aromatic N) is 1. The Morgan fingerprint density at radius 2 is 2.10 bits per heavy atom. The van der Waals surface area contributed by atoms with Crippen molar-refractivity contribution in [3.63, 3.8) is 0 Å². The molecule has 0 bridgehead atoms. The van der Waals surface area contributed by atoms with Crippen molar-refractivity contribution in [3.8, 4) is 11.8 Å². The van der Waals surface area contributed by atoms with Crippen molar-refractivity contribution in [1.29, 1.82) is 5.26 Å². The summed E-state index contributed by atoms with van der Waals surface area (Å²) in [4.78, 5) is 0. The van der Waals surface area contributed by atoms with Gasteiger partial charge in [0.05, 0.1) is 24.7 Å².